The first-order valence-electron chi connectivity index (χ1n) is 6.95. The van der Waals surface area contributed by atoms with Crippen LogP contribution in [0.1, 0.15) is 56.8 Å². The minimum Gasteiger partial charge on any atom is -0.368 e. The van der Waals surface area contributed by atoms with Crippen LogP contribution in [-0.2, 0) is 4.74 Å². The number of hydrogen-bond acceptors (Lipinski definition) is 6. The molecular weight excluding hydrogens is 262 g/mol. The van der Waals surface area contributed by atoms with Gasteiger partial charge in [0, 0.05) is 23.5 Å². The molecule has 0 saturated carbocycles. The summed E-state index contributed by atoms with van der Waals surface area (Å²) in [6.07, 6.45) is 3.15. The molecule has 0 aromatic carbocycles. The van der Waals surface area contributed by atoms with Crippen LogP contribution in [-0.4, -0.2) is 34.3 Å². The Kier molecular flexibility index (Phi) is 5.66. The molecule has 0 amide bonds. The molecule has 0 radical (unpaired) electrons. The Labute approximate surface area is 118 Å². The number of rotatable bonds is 6. The lowest BCUT2D eigenvalue weighted by atomic mass is 10.0. The van der Waals surface area contributed by atoms with E-state index in [0.29, 0.717) is 5.82 Å². The Balaban J connectivity index is 1.85. The standard InChI is InChI=1S/C13H23N3O2S/c1-9(4-3-5-10(2)14)13-15-12(16-18-13)11-8-19-7-6-17-11/h9-11H,3-8,14H2,1-2H3. The number of ether oxygens (including phenoxy) is 1. The number of hydrogen-bond donors (Lipinski definition) is 1. The highest BCUT2D eigenvalue weighted by Crippen LogP contribution is 2.27. The van der Waals surface area contributed by atoms with Crippen LogP contribution in [0.25, 0.3) is 0 Å². The molecule has 5 nitrogen and oxygen atoms in total. The van der Waals surface area contributed by atoms with Gasteiger partial charge in [-0.15, -0.1) is 0 Å². The molecule has 1 aliphatic heterocycles. The van der Waals surface area contributed by atoms with Crippen molar-refractivity contribution in [1.82, 2.24) is 10.1 Å². The van der Waals surface area contributed by atoms with Crippen molar-refractivity contribution in [3.05, 3.63) is 11.7 Å². The number of nitrogens with zero attached hydrogens (tertiary/aromatic N) is 2. The molecule has 6 heteroatoms. The van der Waals surface area contributed by atoms with Crippen molar-refractivity contribution in [2.45, 2.75) is 51.2 Å². The van der Waals surface area contributed by atoms with Crippen molar-refractivity contribution in [2.24, 2.45) is 5.73 Å². The molecule has 108 valence electrons. The first-order chi connectivity index (χ1) is 9.16. The summed E-state index contributed by atoms with van der Waals surface area (Å²) < 4.78 is 11.0. The number of thioether (sulfide) groups is 1. The van der Waals surface area contributed by atoms with E-state index in [1.54, 1.807) is 0 Å². The van der Waals surface area contributed by atoms with Gasteiger partial charge in [0.15, 0.2) is 0 Å². The fourth-order valence-corrected chi connectivity index (χ4v) is 2.92. The van der Waals surface area contributed by atoms with Crippen molar-refractivity contribution in [3.8, 4) is 0 Å². The highest BCUT2D eigenvalue weighted by molar-refractivity contribution is 7.99. The van der Waals surface area contributed by atoms with Gasteiger partial charge in [0.2, 0.25) is 11.7 Å². The van der Waals surface area contributed by atoms with E-state index in [1.165, 1.54) is 0 Å². The molecule has 1 aromatic heterocycles. The Bertz CT molecular complexity index is 378. The maximum atomic E-state index is 5.75. The van der Waals surface area contributed by atoms with Gasteiger partial charge >= 0.3 is 0 Å². The van der Waals surface area contributed by atoms with Crippen molar-refractivity contribution < 1.29 is 9.26 Å². The minimum atomic E-state index is -0.00693. The fourth-order valence-electron chi connectivity index (χ4n) is 2.08. The zero-order valence-electron chi connectivity index (χ0n) is 11.7. The average molecular weight is 285 g/mol. The normalized spacial score (nSPS) is 23.2. The zero-order chi connectivity index (χ0) is 13.7. The molecule has 0 bridgehead atoms. The topological polar surface area (TPSA) is 74.2 Å². The summed E-state index contributed by atoms with van der Waals surface area (Å²) >= 11 is 1.87. The Morgan fingerprint density at radius 2 is 2.26 bits per heavy atom. The van der Waals surface area contributed by atoms with E-state index >= 15 is 0 Å². The predicted molar refractivity (Wildman–Crippen MR) is 76.2 cm³/mol. The Morgan fingerprint density at radius 1 is 1.42 bits per heavy atom. The van der Waals surface area contributed by atoms with E-state index < -0.39 is 0 Å². The van der Waals surface area contributed by atoms with Crippen LogP contribution in [0.4, 0.5) is 0 Å². The van der Waals surface area contributed by atoms with Crippen LogP contribution >= 0.6 is 11.8 Å². The second-order valence-electron chi connectivity index (χ2n) is 5.23. The monoisotopic (exact) mass is 285 g/mol. The van der Waals surface area contributed by atoms with Crippen molar-refractivity contribution in [3.63, 3.8) is 0 Å². The van der Waals surface area contributed by atoms with Gasteiger partial charge in [-0.25, -0.2) is 0 Å². The maximum Gasteiger partial charge on any atom is 0.229 e. The fraction of sp³-hybridized carbons (Fsp3) is 0.846. The third-order valence-corrected chi connectivity index (χ3v) is 4.27. The van der Waals surface area contributed by atoms with Gasteiger partial charge in [0.1, 0.15) is 6.10 Å². The first-order valence-corrected chi connectivity index (χ1v) is 8.10. The summed E-state index contributed by atoms with van der Waals surface area (Å²) in [5, 5.41) is 4.05. The third-order valence-electron chi connectivity index (χ3n) is 3.28. The molecule has 1 saturated heterocycles. The summed E-state index contributed by atoms with van der Waals surface area (Å²) in [5.41, 5.74) is 5.75. The molecular formula is C13H23N3O2S. The summed E-state index contributed by atoms with van der Waals surface area (Å²) in [4.78, 5) is 4.48. The van der Waals surface area contributed by atoms with E-state index in [9.17, 15) is 0 Å². The van der Waals surface area contributed by atoms with Crippen LogP contribution in [0.2, 0.25) is 0 Å². The van der Waals surface area contributed by atoms with E-state index in [4.69, 9.17) is 15.0 Å². The molecule has 0 aliphatic carbocycles. The summed E-state index contributed by atoms with van der Waals surface area (Å²) in [5.74, 6) is 3.67. The van der Waals surface area contributed by atoms with Crippen molar-refractivity contribution >= 4 is 11.8 Å². The van der Waals surface area contributed by atoms with Crippen LogP contribution in [0.15, 0.2) is 4.52 Å². The quantitative estimate of drug-likeness (QED) is 0.865. The second-order valence-corrected chi connectivity index (χ2v) is 6.38. The smallest absolute Gasteiger partial charge is 0.229 e. The molecule has 0 spiro atoms. The zero-order valence-corrected chi connectivity index (χ0v) is 12.5. The molecule has 3 unspecified atom stereocenters. The second kappa shape index (κ2) is 7.26. The van der Waals surface area contributed by atoms with Gasteiger partial charge in [-0.1, -0.05) is 18.5 Å². The van der Waals surface area contributed by atoms with Gasteiger partial charge in [-0.05, 0) is 19.8 Å². The van der Waals surface area contributed by atoms with Gasteiger partial charge in [0.05, 0.1) is 6.61 Å². The van der Waals surface area contributed by atoms with Crippen LogP contribution in [0.3, 0.4) is 0 Å². The first kappa shape index (κ1) is 14.8. The predicted octanol–water partition coefficient (Wildman–Crippen LogP) is 2.50. The Morgan fingerprint density at radius 3 is 2.95 bits per heavy atom. The lowest BCUT2D eigenvalue weighted by Gasteiger charge is -2.18. The van der Waals surface area contributed by atoms with Crippen molar-refractivity contribution in [2.75, 3.05) is 18.1 Å². The molecule has 3 atom stereocenters. The number of nitrogens with two attached hydrogens (primary N) is 1. The van der Waals surface area contributed by atoms with Gasteiger partial charge in [0.25, 0.3) is 0 Å². The third kappa shape index (κ3) is 4.47. The van der Waals surface area contributed by atoms with Gasteiger partial charge < -0.3 is 15.0 Å². The minimum absolute atomic E-state index is 0.00693. The average Bonchev–Trinajstić information content (AvgIpc) is 2.89. The molecule has 1 aromatic rings. The molecule has 1 aliphatic rings. The van der Waals surface area contributed by atoms with Gasteiger partial charge in [-0.2, -0.15) is 16.7 Å². The van der Waals surface area contributed by atoms with Crippen molar-refractivity contribution in [1.29, 1.82) is 0 Å². The summed E-state index contributed by atoms with van der Waals surface area (Å²) in [6, 6.07) is 0.262. The number of aromatic nitrogens is 2. The molecule has 2 heterocycles. The maximum absolute atomic E-state index is 5.75. The molecule has 2 rings (SSSR count). The molecule has 1 fully saturated rings. The lowest BCUT2D eigenvalue weighted by Crippen LogP contribution is -2.16. The lowest BCUT2D eigenvalue weighted by molar-refractivity contribution is 0.0677. The largest absolute Gasteiger partial charge is 0.368 e. The highest BCUT2D eigenvalue weighted by atomic mass is 32.2. The Hall–Kier alpha value is -0.590. The van der Waals surface area contributed by atoms with Gasteiger partial charge in [-0.3, -0.25) is 0 Å². The van der Waals surface area contributed by atoms with Crippen LogP contribution in [0, 0.1) is 0 Å². The SMILES string of the molecule is CC(N)CCCC(C)c1nc(C2CSCCO2)no1. The summed E-state index contributed by atoms with van der Waals surface area (Å²) in [7, 11) is 0. The molecule has 2 N–H and O–H groups in total. The van der Waals surface area contributed by atoms with E-state index in [1.807, 2.05) is 18.7 Å². The van der Waals surface area contributed by atoms with E-state index in [-0.39, 0.29) is 18.1 Å². The molecule has 19 heavy (non-hydrogen) atoms. The van der Waals surface area contributed by atoms with Crippen LogP contribution in [0.5, 0.6) is 0 Å². The van der Waals surface area contributed by atoms with E-state index in [2.05, 4.69) is 17.1 Å². The highest BCUT2D eigenvalue weighted by Gasteiger charge is 2.23. The van der Waals surface area contributed by atoms with E-state index in [0.717, 1.165) is 43.3 Å². The summed E-state index contributed by atoms with van der Waals surface area (Å²) in [6.45, 7) is 4.92. The van der Waals surface area contributed by atoms with Crippen LogP contribution < -0.4 is 5.73 Å².